The Hall–Kier alpha value is -2.38. The van der Waals surface area contributed by atoms with Gasteiger partial charge in [0.2, 0.25) is 5.60 Å². The van der Waals surface area contributed by atoms with Crippen LogP contribution in [0.4, 0.5) is 0 Å². The molecule has 100 valence electrons. The Morgan fingerprint density at radius 2 is 1.44 bits per heavy atom. The van der Waals surface area contributed by atoms with E-state index in [4.69, 9.17) is 15.3 Å². The molecule has 0 bridgehead atoms. The number of carboxylic acid groups (broad SMARTS) is 3. The second kappa shape index (κ2) is 5.80. The molecule has 0 amide bonds. The molecule has 3 N–H and O–H groups in total. The molecule has 0 saturated carbocycles. The van der Waals surface area contributed by atoms with Crippen LogP contribution in [0.25, 0.3) is 0 Å². The topological polar surface area (TPSA) is 138 Å². The predicted molar refractivity (Wildman–Crippen MR) is 55.8 cm³/mol. The molecule has 0 aliphatic rings. The third kappa shape index (κ3) is 4.24. The number of carbonyl (C=O) groups excluding carboxylic acids is 1. The maximum Gasteiger partial charge on any atom is 0.349 e. The van der Waals surface area contributed by atoms with E-state index in [2.05, 4.69) is 11.3 Å². The number of carbonyl (C=O) groups is 4. The number of aliphatic carboxylic acids is 3. The number of esters is 1. The minimum Gasteiger partial charge on any atom is -0.481 e. The maximum absolute atomic E-state index is 11.3. The molecule has 0 fully saturated rings. The van der Waals surface area contributed by atoms with E-state index in [1.54, 1.807) is 0 Å². The first-order valence-corrected chi connectivity index (χ1v) is 4.66. The summed E-state index contributed by atoms with van der Waals surface area (Å²) in [5.74, 6) is -6.22. The van der Waals surface area contributed by atoms with Crippen molar-refractivity contribution < 1.29 is 39.2 Å². The van der Waals surface area contributed by atoms with Crippen LogP contribution < -0.4 is 0 Å². The third-order valence-electron chi connectivity index (χ3n) is 1.90. The molecule has 8 nitrogen and oxygen atoms in total. The van der Waals surface area contributed by atoms with Gasteiger partial charge in [-0.25, -0.2) is 9.59 Å². The summed E-state index contributed by atoms with van der Waals surface area (Å²) >= 11 is 0. The van der Waals surface area contributed by atoms with E-state index in [9.17, 15) is 19.2 Å². The number of carboxylic acids is 3. The lowest BCUT2D eigenvalue weighted by atomic mass is 9.95. The quantitative estimate of drug-likeness (QED) is 0.425. The SMILES string of the molecule is C=C(C)C(=O)OC(CC(=O)O)(CC(=O)O)C(=O)O. The highest BCUT2D eigenvalue weighted by atomic mass is 16.6. The zero-order valence-electron chi connectivity index (χ0n) is 9.50. The minimum absolute atomic E-state index is 0.170. The Bertz CT molecular complexity index is 392. The highest BCUT2D eigenvalue weighted by Gasteiger charge is 2.47. The molecule has 0 unspecified atom stereocenters. The molecule has 0 atom stereocenters. The lowest BCUT2D eigenvalue weighted by Gasteiger charge is -2.26. The molecule has 0 aromatic carbocycles. The predicted octanol–water partition coefficient (Wildman–Crippen LogP) is -0.122. The molecule has 0 spiro atoms. The molecule has 0 heterocycles. The van der Waals surface area contributed by atoms with E-state index in [0.717, 1.165) is 0 Å². The van der Waals surface area contributed by atoms with Crippen LogP contribution in [0.15, 0.2) is 12.2 Å². The maximum atomic E-state index is 11.3. The fourth-order valence-corrected chi connectivity index (χ4v) is 1.08. The van der Waals surface area contributed by atoms with Crippen molar-refractivity contribution in [1.29, 1.82) is 0 Å². The first-order chi connectivity index (χ1) is 8.10. The van der Waals surface area contributed by atoms with Crippen LogP contribution in [-0.4, -0.2) is 44.8 Å². The molecule has 0 rings (SSSR count). The number of hydrogen-bond donors (Lipinski definition) is 3. The number of ether oxygens (including phenoxy) is 1. The summed E-state index contributed by atoms with van der Waals surface area (Å²) in [5.41, 5.74) is -2.82. The van der Waals surface area contributed by atoms with Crippen molar-refractivity contribution in [2.75, 3.05) is 0 Å². The van der Waals surface area contributed by atoms with Crippen molar-refractivity contribution in [3.63, 3.8) is 0 Å². The smallest absolute Gasteiger partial charge is 0.349 e. The van der Waals surface area contributed by atoms with Crippen molar-refractivity contribution in [2.45, 2.75) is 25.4 Å². The third-order valence-corrected chi connectivity index (χ3v) is 1.90. The molecular weight excluding hydrogens is 248 g/mol. The van der Waals surface area contributed by atoms with Gasteiger partial charge in [-0.2, -0.15) is 0 Å². The van der Waals surface area contributed by atoms with Gasteiger partial charge in [0.25, 0.3) is 0 Å². The largest absolute Gasteiger partial charge is 0.481 e. The average Bonchev–Trinajstić information content (AvgIpc) is 2.14. The summed E-state index contributed by atoms with van der Waals surface area (Å²) in [6, 6.07) is 0. The van der Waals surface area contributed by atoms with Gasteiger partial charge in [-0.15, -0.1) is 0 Å². The zero-order valence-corrected chi connectivity index (χ0v) is 9.50. The Morgan fingerprint density at radius 3 is 1.67 bits per heavy atom. The van der Waals surface area contributed by atoms with Crippen LogP contribution in [0.5, 0.6) is 0 Å². The Balaban J connectivity index is 5.38. The van der Waals surface area contributed by atoms with Crippen LogP contribution in [0.1, 0.15) is 19.8 Å². The van der Waals surface area contributed by atoms with E-state index in [1.165, 1.54) is 6.92 Å². The molecule has 0 saturated heterocycles. The highest BCUT2D eigenvalue weighted by Crippen LogP contribution is 2.23. The Kier molecular flexibility index (Phi) is 5.03. The van der Waals surface area contributed by atoms with Crippen LogP contribution in [0.2, 0.25) is 0 Å². The first kappa shape index (κ1) is 15.6. The van der Waals surface area contributed by atoms with Crippen molar-refractivity contribution in [3.05, 3.63) is 12.2 Å². The Morgan fingerprint density at radius 1 is 1.06 bits per heavy atom. The van der Waals surface area contributed by atoms with Crippen molar-refractivity contribution in [1.82, 2.24) is 0 Å². The van der Waals surface area contributed by atoms with Crippen molar-refractivity contribution in [2.24, 2.45) is 0 Å². The highest BCUT2D eigenvalue weighted by molar-refractivity contribution is 5.94. The van der Waals surface area contributed by atoms with Crippen molar-refractivity contribution in [3.8, 4) is 0 Å². The van der Waals surface area contributed by atoms with Gasteiger partial charge in [-0.1, -0.05) is 6.58 Å². The standard InChI is InChI=1S/C10H12O8/c1-5(2)8(15)18-10(9(16)17,3-6(11)12)4-7(13)14/h1,3-4H2,2H3,(H,11,12)(H,13,14)(H,16,17). The summed E-state index contributed by atoms with van der Waals surface area (Å²) in [7, 11) is 0. The van der Waals surface area contributed by atoms with Gasteiger partial charge < -0.3 is 20.1 Å². The molecule has 0 aromatic rings. The van der Waals surface area contributed by atoms with Gasteiger partial charge in [-0.3, -0.25) is 9.59 Å². The van der Waals surface area contributed by atoms with Gasteiger partial charge in [0.05, 0.1) is 12.8 Å². The molecule has 0 aromatic heterocycles. The fourth-order valence-electron chi connectivity index (χ4n) is 1.08. The lowest BCUT2D eigenvalue weighted by molar-refractivity contribution is -0.183. The Labute approximate surface area is 101 Å². The molecule has 0 radical (unpaired) electrons. The van der Waals surface area contributed by atoms with Crippen molar-refractivity contribution >= 4 is 23.9 Å². The summed E-state index contributed by atoms with van der Waals surface area (Å²) < 4.78 is 4.48. The van der Waals surface area contributed by atoms with E-state index >= 15 is 0 Å². The second-order valence-electron chi connectivity index (χ2n) is 3.61. The molecule has 8 heteroatoms. The van der Waals surface area contributed by atoms with Gasteiger partial charge in [0, 0.05) is 5.57 Å². The van der Waals surface area contributed by atoms with Gasteiger partial charge in [0.15, 0.2) is 0 Å². The van der Waals surface area contributed by atoms with E-state index < -0.39 is 42.3 Å². The van der Waals surface area contributed by atoms with Crippen LogP contribution in [0.3, 0.4) is 0 Å². The molecular formula is C10H12O8. The van der Waals surface area contributed by atoms with Gasteiger partial charge in [0.1, 0.15) is 0 Å². The summed E-state index contributed by atoms with van der Waals surface area (Å²) in [4.78, 5) is 43.4. The van der Waals surface area contributed by atoms with Crippen LogP contribution in [0, 0.1) is 0 Å². The summed E-state index contributed by atoms with van der Waals surface area (Å²) in [6.45, 7) is 4.41. The summed E-state index contributed by atoms with van der Waals surface area (Å²) in [5, 5.41) is 26.1. The van der Waals surface area contributed by atoms with Crippen LogP contribution in [-0.2, 0) is 23.9 Å². The van der Waals surface area contributed by atoms with Gasteiger partial charge in [-0.05, 0) is 6.92 Å². The molecule has 0 aliphatic carbocycles. The second-order valence-corrected chi connectivity index (χ2v) is 3.61. The number of rotatable bonds is 7. The van der Waals surface area contributed by atoms with E-state index in [-0.39, 0.29) is 5.57 Å². The zero-order chi connectivity index (χ0) is 14.5. The molecule has 18 heavy (non-hydrogen) atoms. The normalized spacial score (nSPS) is 10.5. The van der Waals surface area contributed by atoms with Gasteiger partial charge >= 0.3 is 23.9 Å². The number of hydrogen-bond acceptors (Lipinski definition) is 5. The molecule has 0 aliphatic heterocycles. The average molecular weight is 260 g/mol. The lowest BCUT2D eigenvalue weighted by Crippen LogP contribution is -2.47. The fraction of sp³-hybridized carbons (Fsp3) is 0.400. The minimum atomic E-state index is -2.65. The van der Waals surface area contributed by atoms with E-state index in [1.807, 2.05) is 0 Å². The first-order valence-electron chi connectivity index (χ1n) is 4.66. The summed E-state index contributed by atoms with van der Waals surface area (Å²) in [6.07, 6.45) is -2.32. The van der Waals surface area contributed by atoms with E-state index in [0.29, 0.717) is 0 Å². The monoisotopic (exact) mass is 260 g/mol. The van der Waals surface area contributed by atoms with Crippen LogP contribution >= 0.6 is 0 Å².